The molecule has 0 atom stereocenters. The number of ether oxygens (including phenoxy) is 1. The molecule has 4 aromatic carbocycles. The minimum Gasteiger partial charge on any atom is -0.455 e. The highest BCUT2D eigenvalue weighted by Gasteiger charge is 2.28. The number of sulfonamides is 1. The van der Waals surface area contributed by atoms with Crippen molar-refractivity contribution in [2.75, 3.05) is 16.2 Å². The third-order valence-electron chi connectivity index (χ3n) is 5.15. The van der Waals surface area contributed by atoms with E-state index in [0.717, 1.165) is 4.31 Å². The van der Waals surface area contributed by atoms with Gasteiger partial charge in [-0.1, -0.05) is 48.0 Å². The lowest BCUT2D eigenvalue weighted by atomic mass is 10.2. The molecule has 11 heteroatoms. The number of nitro benzene ring substituents is 1. The van der Waals surface area contributed by atoms with Crippen LogP contribution in [0.1, 0.15) is 0 Å². The van der Waals surface area contributed by atoms with Crippen molar-refractivity contribution in [3.63, 3.8) is 0 Å². The average molecular weight is 538 g/mol. The number of hydrogen-bond acceptors (Lipinski definition) is 6. The maximum absolute atomic E-state index is 13.5. The predicted molar refractivity (Wildman–Crippen MR) is 141 cm³/mol. The van der Waals surface area contributed by atoms with Gasteiger partial charge in [-0.05, 0) is 54.6 Å². The van der Waals surface area contributed by atoms with Crippen LogP contribution in [0.5, 0.6) is 11.5 Å². The van der Waals surface area contributed by atoms with E-state index in [4.69, 9.17) is 16.3 Å². The van der Waals surface area contributed by atoms with E-state index in [1.165, 1.54) is 42.5 Å². The zero-order chi connectivity index (χ0) is 26.4. The Morgan fingerprint density at radius 1 is 0.919 bits per heavy atom. The summed E-state index contributed by atoms with van der Waals surface area (Å²) in [5.74, 6) is 0.147. The summed E-state index contributed by atoms with van der Waals surface area (Å²) in [5.41, 5.74) is 0.102. The lowest BCUT2D eigenvalue weighted by Crippen LogP contribution is -2.38. The summed E-state index contributed by atoms with van der Waals surface area (Å²) in [5, 5.41) is 14.1. The maximum atomic E-state index is 13.5. The first-order chi connectivity index (χ1) is 17.7. The Hall–Kier alpha value is -4.41. The molecule has 0 aliphatic carbocycles. The summed E-state index contributed by atoms with van der Waals surface area (Å²) in [6.07, 6.45) is 0. The zero-order valence-corrected chi connectivity index (χ0v) is 20.7. The fraction of sp³-hybridized carbons (Fsp3) is 0.0385. The summed E-state index contributed by atoms with van der Waals surface area (Å²) >= 11 is 6.13. The first-order valence-corrected chi connectivity index (χ1v) is 12.7. The SMILES string of the molecule is O=C(CN(c1ccc([N+](=O)[O-])cc1)S(=O)(=O)c1ccccc1)Nc1cc(Cl)ccc1Oc1ccccc1. The molecule has 0 spiro atoms. The van der Waals surface area contributed by atoms with Gasteiger partial charge < -0.3 is 10.1 Å². The molecule has 0 aliphatic rings. The van der Waals surface area contributed by atoms with Gasteiger partial charge in [0.15, 0.2) is 5.75 Å². The van der Waals surface area contributed by atoms with Gasteiger partial charge >= 0.3 is 0 Å². The Bertz CT molecular complexity index is 1520. The third-order valence-corrected chi connectivity index (χ3v) is 7.18. The monoisotopic (exact) mass is 537 g/mol. The first-order valence-electron chi connectivity index (χ1n) is 10.9. The quantitative estimate of drug-likeness (QED) is 0.210. The number of anilines is 2. The van der Waals surface area contributed by atoms with Crippen LogP contribution in [0.3, 0.4) is 0 Å². The van der Waals surface area contributed by atoms with Crippen molar-refractivity contribution in [1.82, 2.24) is 0 Å². The molecule has 0 aliphatic heterocycles. The van der Waals surface area contributed by atoms with Gasteiger partial charge in [-0.2, -0.15) is 0 Å². The molecule has 9 nitrogen and oxygen atoms in total. The first kappa shape index (κ1) is 25.7. The van der Waals surface area contributed by atoms with E-state index < -0.39 is 27.4 Å². The van der Waals surface area contributed by atoms with Crippen LogP contribution in [0.25, 0.3) is 0 Å². The van der Waals surface area contributed by atoms with E-state index in [-0.39, 0.29) is 22.0 Å². The zero-order valence-electron chi connectivity index (χ0n) is 19.2. The van der Waals surface area contributed by atoms with E-state index in [0.29, 0.717) is 16.5 Å². The van der Waals surface area contributed by atoms with Gasteiger partial charge in [0.25, 0.3) is 15.7 Å². The predicted octanol–water partition coefficient (Wildman–Crippen LogP) is 5.87. The molecule has 0 saturated carbocycles. The van der Waals surface area contributed by atoms with Crippen molar-refractivity contribution in [3.05, 3.63) is 118 Å². The van der Waals surface area contributed by atoms with Crippen molar-refractivity contribution >= 4 is 44.6 Å². The van der Waals surface area contributed by atoms with Crippen molar-refractivity contribution < 1.29 is 22.9 Å². The van der Waals surface area contributed by atoms with Crippen LogP contribution in [0.4, 0.5) is 17.1 Å². The number of nitrogens with one attached hydrogen (secondary N) is 1. The average Bonchev–Trinajstić information content (AvgIpc) is 2.90. The van der Waals surface area contributed by atoms with Crippen LogP contribution in [0.15, 0.2) is 108 Å². The Balaban J connectivity index is 1.65. The second-order valence-electron chi connectivity index (χ2n) is 7.70. The van der Waals surface area contributed by atoms with Crippen LogP contribution in [-0.4, -0.2) is 25.8 Å². The highest BCUT2D eigenvalue weighted by atomic mass is 35.5. The number of amides is 1. The molecule has 0 aromatic heterocycles. The largest absolute Gasteiger partial charge is 0.455 e. The van der Waals surface area contributed by atoms with Crippen LogP contribution < -0.4 is 14.4 Å². The van der Waals surface area contributed by atoms with Crippen LogP contribution in [-0.2, 0) is 14.8 Å². The Morgan fingerprint density at radius 3 is 2.16 bits per heavy atom. The minimum atomic E-state index is -4.20. The molecule has 37 heavy (non-hydrogen) atoms. The summed E-state index contributed by atoms with van der Waals surface area (Å²) < 4.78 is 33.7. The molecule has 1 amide bonds. The number of halogens is 1. The number of rotatable bonds is 9. The Labute approximate surface area is 218 Å². The number of nitro groups is 1. The number of para-hydroxylation sites is 1. The van der Waals surface area contributed by atoms with E-state index in [2.05, 4.69) is 5.32 Å². The number of benzene rings is 4. The van der Waals surface area contributed by atoms with Crippen molar-refractivity contribution in [3.8, 4) is 11.5 Å². The lowest BCUT2D eigenvalue weighted by molar-refractivity contribution is -0.384. The van der Waals surface area contributed by atoms with E-state index in [9.17, 15) is 23.3 Å². The van der Waals surface area contributed by atoms with Crippen molar-refractivity contribution in [1.29, 1.82) is 0 Å². The molecule has 0 radical (unpaired) electrons. The number of carbonyl (C=O) groups is 1. The lowest BCUT2D eigenvalue weighted by Gasteiger charge is -2.24. The fourth-order valence-corrected chi connectivity index (χ4v) is 5.01. The Kier molecular flexibility index (Phi) is 7.71. The summed E-state index contributed by atoms with van der Waals surface area (Å²) in [7, 11) is -4.20. The van der Waals surface area contributed by atoms with Gasteiger partial charge in [0.1, 0.15) is 12.3 Å². The number of non-ortho nitro benzene ring substituents is 1. The fourth-order valence-electron chi connectivity index (χ4n) is 3.40. The molecular weight excluding hydrogens is 518 g/mol. The molecular formula is C26H20ClN3O6S. The normalized spacial score (nSPS) is 10.9. The maximum Gasteiger partial charge on any atom is 0.269 e. The topological polar surface area (TPSA) is 119 Å². The molecule has 0 bridgehead atoms. The molecule has 0 saturated heterocycles. The number of nitrogens with zero attached hydrogens (tertiary/aromatic N) is 2. The van der Waals surface area contributed by atoms with Gasteiger partial charge in [0, 0.05) is 17.2 Å². The summed E-state index contributed by atoms with van der Waals surface area (Å²) in [6, 6.07) is 26.0. The molecule has 4 rings (SSSR count). The summed E-state index contributed by atoms with van der Waals surface area (Å²) in [6.45, 7) is -0.619. The molecule has 0 fully saturated rings. The third kappa shape index (κ3) is 6.24. The van der Waals surface area contributed by atoms with E-state index in [1.807, 2.05) is 6.07 Å². The van der Waals surface area contributed by atoms with Gasteiger partial charge in [-0.25, -0.2) is 8.42 Å². The summed E-state index contributed by atoms with van der Waals surface area (Å²) in [4.78, 5) is 23.6. The number of carbonyl (C=O) groups excluding carboxylic acids is 1. The molecule has 0 unspecified atom stereocenters. The smallest absolute Gasteiger partial charge is 0.269 e. The van der Waals surface area contributed by atoms with E-state index in [1.54, 1.807) is 54.6 Å². The van der Waals surface area contributed by atoms with E-state index >= 15 is 0 Å². The molecule has 1 N–H and O–H groups in total. The molecule has 188 valence electrons. The van der Waals surface area contributed by atoms with Crippen LogP contribution >= 0.6 is 11.6 Å². The second-order valence-corrected chi connectivity index (χ2v) is 10.0. The highest BCUT2D eigenvalue weighted by molar-refractivity contribution is 7.92. The van der Waals surface area contributed by atoms with Crippen LogP contribution in [0.2, 0.25) is 5.02 Å². The minimum absolute atomic E-state index is 0.0444. The van der Waals surface area contributed by atoms with Crippen LogP contribution in [0, 0.1) is 10.1 Å². The van der Waals surface area contributed by atoms with Gasteiger partial charge in [-0.3, -0.25) is 19.2 Å². The highest BCUT2D eigenvalue weighted by Crippen LogP contribution is 2.32. The van der Waals surface area contributed by atoms with Crippen molar-refractivity contribution in [2.24, 2.45) is 0 Å². The van der Waals surface area contributed by atoms with Gasteiger partial charge in [0.2, 0.25) is 5.91 Å². The molecule has 0 heterocycles. The standard InChI is InChI=1S/C26H20ClN3O6S/c27-19-11-16-25(36-22-7-3-1-4-8-22)24(17-19)28-26(31)18-29(20-12-14-21(15-13-20)30(32)33)37(34,35)23-9-5-2-6-10-23/h1-17H,18H2,(H,28,31). The second kappa shape index (κ2) is 11.1. The number of hydrogen-bond donors (Lipinski definition) is 1. The molecule has 4 aromatic rings. The Morgan fingerprint density at radius 2 is 1.54 bits per heavy atom. The van der Waals surface area contributed by atoms with Gasteiger partial charge in [0.05, 0.1) is 21.2 Å². The van der Waals surface area contributed by atoms with Crippen molar-refractivity contribution in [2.45, 2.75) is 4.90 Å². The van der Waals surface area contributed by atoms with Gasteiger partial charge in [-0.15, -0.1) is 0 Å².